The van der Waals surface area contributed by atoms with Crippen LogP contribution < -0.4 is 10.6 Å². The topological polar surface area (TPSA) is 83.5 Å². The van der Waals surface area contributed by atoms with Crippen LogP contribution in [-0.4, -0.2) is 47.4 Å². The highest BCUT2D eigenvalue weighted by Gasteiger charge is 2.35. The van der Waals surface area contributed by atoms with E-state index in [1.807, 2.05) is 36.4 Å². The summed E-state index contributed by atoms with van der Waals surface area (Å²) in [5, 5.41) is 16.4. The summed E-state index contributed by atoms with van der Waals surface area (Å²) in [7, 11) is 0. The van der Waals surface area contributed by atoms with Crippen LogP contribution in [0.2, 0.25) is 0 Å². The molecule has 6 heteroatoms. The Morgan fingerprint density at radius 3 is 2.75 bits per heavy atom. The molecule has 0 radical (unpaired) electrons. The van der Waals surface area contributed by atoms with Gasteiger partial charge in [0.25, 0.3) is 5.91 Å². The number of rotatable bonds is 6. The highest BCUT2D eigenvalue weighted by molar-refractivity contribution is 5.94. The number of pyridine rings is 1. The van der Waals surface area contributed by atoms with E-state index in [0.29, 0.717) is 18.7 Å². The maximum atomic E-state index is 12.0. The van der Waals surface area contributed by atoms with Gasteiger partial charge in [0.05, 0.1) is 24.4 Å². The van der Waals surface area contributed by atoms with Gasteiger partial charge in [0, 0.05) is 24.8 Å². The summed E-state index contributed by atoms with van der Waals surface area (Å²) < 4.78 is 5.60. The van der Waals surface area contributed by atoms with Crippen LogP contribution in [0.3, 0.4) is 0 Å². The summed E-state index contributed by atoms with van der Waals surface area (Å²) >= 11 is 0. The Morgan fingerprint density at radius 2 is 2.00 bits per heavy atom. The Bertz CT molecular complexity index is 651. The lowest BCUT2D eigenvalue weighted by Crippen LogP contribution is -2.44. The van der Waals surface area contributed by atoms with Crippen LogP contribution in [0, 0.1) is 0 Å². The average molecular weight is 327 g/mol. The first-order chi connectivity index (χ1) is 11.7. The van der Waals surface area contributed by atoms with Gasteiger partial charge in [-0.05, 0) is 24.3 Å². The van der Waals surface area contributed by atoms with Gasteiger partial charge in [0.1, 0.15) is 6.10 Å². The van der Waals surface area contributed by atoms with E-state index in [0.717, 1.165) is 5.69 Å². The third-order valence-electron chi connectivity index (χ3n) is 4.05. The number of aromatic nitrogens is 1. The molecule has 126 valence electrons. The zero-order valence-electron chi connectivity index (χ0n) is 13.3. The summed E-state index contributed by atoms with van der Waals surface area (Å²) in [4.78, 5) is 16.3. The molecule has 1 amide bonds. The van der Waals surface area contributed by atoms with E-state index in [1.165, 1.54) is 0 Å². The number of benzene rings is 1. The number of hydrogen-bond acceptors (Lipinski definition) is 5. The molecule has 1 fully saturated rings. The van der Waals surface area contributed by atoms with Gasteiger partial charge in [-0.3, -0.25) is 9.78 Å². The minimum Gasteiger partial charge on any atom is -0.389 e. The maximum absolute atomic E-state index is 12.0. The summed E-state index contributed by atoms with van der Waals surface area (Å²) in [6.07, 6.45) is 0.643. The predicted octanol–water partition coefficient (Wildman–Crippen LogP) is 0.730. The van der Waals surface area contributed by atoms with E-state index in [1.54, 1.807) is 18.3 Å². The van der Waals surface area contributed by atoms with Crippen LogP contribution in [-0.2, 0) is 11.3 Å². The Kier molecular flexibility index (Phi) is 5.53. The highest BCUT2D eigenvalue weighted by Crippen LogP contribution is 2.14. The molecule has 3 N–H and O–H groups in total. The number of nitrogens with one attached hydrogen (secondary N) is 2. The molecular formula is C18H21N3O3. The van der Waals surface area contributed by atoms with Crippen molar-refractivity contribution >= 4 is 5.91 Å². The Balaban J connectivity index is 1.46. The van der Waals surface area contributed by atoms with Crippen molar-refractivity contribution in [2.24, 2.45) is 0 Å². The first-order valence-corrected chi connectivity index (χ1v) is 8.00. The summed E-state index contributed by atoms with van der Waals surface area (Å²) in [5.74, 6) is -0.170. The lowest BCUT2D eigenvalue weighted by Gasteiger charge is -2.18. The minimum atomic E-state index is -0.676. The van der Waals surface area contributed by atoms with Gasteiger partial charge in [0.2, 0.25) is 0 Å². The average Bonchev–Trinajstić information content (AvgIpc) is 2.99. The van der Waals surface area contributed by atoms with Crippen LogP contribution in [0.4, 0.5) is 0 Å². The maximum Gasteiger partial charge on any atom is 0.251 e. The molecule has 0 aliphatic carbocycles. The van der Waals surface area contributed by atoms with Gasteiger partial charge in [-0.1, -0.05) is 24.3 Å². The molecule has 0 spiro atoms. The largest absolute Gasteiger partial charge is 0.389 e. The van der Waals surface area contributed by atoms with Crippen LogP contribution in [0.25, 0.3) is 0 Å². The number of ether oxygens (including phenoxy) is 1. The first kappa shape index (κ1) is 16.6. The third-order valence-corrected chi connectivity index (χ3v) is 4.05. The zero-order chi connectivity index (χ0) is 16.8. The van der Waals surface area contributed by atoms with Crippen molar-refractivity contribution in [1.29, 1.82) is 0 Å². The molecule has 0 unspecified atom stereocenters. The number of carbonyl (C=O) groups excluding carboxylic acids is 1. The Morgan fingerprint density at radius 1 is 1.21 bits per heavy atom. The van der Waals surface area contributed by atoms with Crippen molar-refractivity contribution in [3.63, 3.8) is 0 Å². The molecule has 24 heavy (non-hydrogen) atoms. The van der Waals surface area contributed by atoms with Gasteiger partial charge < -0.3 is 20.5 Å². The molecule has 2 heterocycles. The normalized spacial score (nSPS) is 23.1. The second kappa shape index (κ2) is 8.01. The van der Waals surface area contributed by atoms with Crippen molar-refractivity contribution in [3.05, 3.63) is 66.0 Å². The first-order valence-electron chi connectivity index (χ1n) is 8.00. The molecule has 2 aromatic rings. The predicted molar refractivity (Wildman–Crippen MR) is 89.4 cm³/mol. The number of nitrogens with zero attached hydrogens (tertiary/aromatic N) is 1. The van der Waals surface area contributed by atoms with E-state index < -0.39 is 12.2 Å². The van der Waals surface area contributed by atoms with E-state index in [4.69, 9.17) is 4.74 Å². The van der Waals surface area contributed by atoms with Crippen LogP contribution >= 0.6 is 0 Å². The molecule has 0 bridgehead atoms. The van der Waals surface area contributed by atoms with Gasteiger partial charge in [-0.2, -0.15) is 0 Å². The summed E-state index contributed by atoms with van der Waals surface area (Å²) in [5.41, 5.74) is 1.50. The van der Waals surface area contributed by atoms with Crippen LogP contribution in [0.15, 0.2) is 54.7 Å². The molecule has 3 atom stereocenters. The standard InChI is InChI=1S/C18H21N3O3/c22-17-15(20-10-14-8-4-5-9-19-14)12-24-16(17)11-21-18(23)13-6-2-1-3-7-13/h1-9,15-17,20,22H,10-12H2,(H,21,23)/t15-,16-,17+/m1/s1. The van der Waals surface area contributed by atoms with Gasteiger partial charge in [0.15, 0.2) is 0 Å². The fourth-order valence-electron chi connectivity index (χ4n) is 2.67. The number of hydrogen-bond donors (Lipinski definition) is 3. The zero-order valence-corrected chi connectivity index (χ0v) is 13.3. The van der Waals surface area contributed by atoms with Crippen molar-refractivity contribution in [1.82, 2.24) is 15.6 Å². The van der Waals surface area contributed by atoms with Crippen molar-refractivity contribution < 1.29 is 14.6 Å². The summed E-state index contributed by atoms with van der Waals surface area (Å²) in [6, 6.07) is 14.5. The molecular weight excluding hydrogens is 306 g/mol. The minimum absolute atomic E-state index is 0.170. The lowest BCUT2D eigenvalue weighted by atomic mass is 10.1. The van der Waals surface area contributed by atoms with E-state index in [-0.39, 0.29) is 18.5 Å². The number of aliphatic hydroxyl groups excluding tert-OH is 1. The smallest absolute Gasteiger partial charge is 0.251 e. The Hall–Kier alpha value is -2.28. The second-order valence-electron chi connectivity index (χ2n) is 5.75. The number of aliphatic hydroxyl groups is 1. The van der Waals surface area contributed by atoms with Gasteiger partial charge in [-0.25, -0.2) is 0 Å². The van der Waals surface area contributed by atoms with Crippen molar-refractivity contribution in [2.75, 3.05) is 13.2 Å². The van der Waals surface area contributed by atoms with Crippen LogP contribution in [0.5, 0.6) is 0 Å². The van der Waals surface area contributed by atoms with E-state index >= 15 is 0 Å². The monoisotopic (exact) mass is 327 g/mol. The van der Waals surface area contributed by atoms with Crippen molar-refractivity contribution in [2.45, 2.75) is 24.8 Å². The molecule has 0 saturated carbocycles. The Labute approximate surface area is 140 Å². The second-order valence-corrected chi connectivity index (χ2v) is 5.75. The highest BCUT2D eigenvalue weighted by atomic mass is 16.5. The van der Waals surface area contributed by atoms with E-state index in [2.05, 4.69) is 15.6 Å². The van der Waals surface area contributed by atoms with Crippen molar-refractivity contribution in [3.8, 4) is 0 Å². The van der Waals surface area contributed by atoms with Gasteiger partial charge >= 0.3 is 0 Å². The quantitative estimate of drug-likeness (QED) is 0.728. The molecule has 1 aliphatic rings. The molecule has 6 nitrogen and oxygen atoms in total. The molecule has 1 aliphatic heterocycles. The third kappa shape index (κ3) is 4.17. The molecule has 3 rings (SSSR count). The number of carbonyl (C=O) groups is 1. The van der Waals surface area contributed by atoms with Crippen LogP contribution in [0.1, 0.15) is 16.1 Å². The number of amides is 1. The fourth-order valence-corrected chi connectivity index (χ4v) is 2.67. The molecule has 1 saturated heterocycles. The van der Waals surface area contributed by atoms with Gasteiger partial charge in [-0.15, -0.1) is 0 Å². The molecule has 1 aromatic carbocycles. The molecule has 1 aromatic heterocycles. The fraction of sp³-hybridized carbons (Fsp3) is 0.333. The SMILES string of the molecule is O=C(NC[C@H]1OC[C@@H](NCc2ccccn2)[C@@H]1O)c1ccccc1. The lowest BCUT2D eigenvalue weighted by molar-refractivity contribution is 0.0398. The van der Waals surface area contributed by atoms with E-state index in [9.17, 15) is 9.90 Å². The summed E-state index contributed by atoms with van der Waals surface area (Å²) in [6.45, 7) is 1.24.